The van der Waals surface area contributed by atoms with Crippen molar-refractivity contribution in [2.24, 2.45) is 5.92 Å². The number of ether oxygens (including phenoxy) is 2. The number of esters is 1. The van der Waals surface area contributed by atoms with Gasteiger partial charge in [-0.25, -0.2) is 4.79 Å². The van der Waals surface area contributed by atoms with Gasteiger partial charge >= 0.3 is 12.1 Å². The molecule has 0 radical (unpaired) electrons. The first-order chi connectivity index (χ1) is 11.6. The predicted octanol–water partition coefficient (Wildman–Crippen LogP) is 3.35. The zero-order chi connectivity index (χ0) is 17.6. The molecule has 1 rings (SSSR count). The van der Waals surface area contributed by atoms with Crippen LogP contribution in [0.5, 0.6) is 0 Å². The van der Waals surface area contributed by atoms with E-state index in [1.165, 1.54) is 6.42 Å². The summed E-state index contributed by atoms with van der Waals surface area (Å²) >= 11 is 0. The summed E-state index contributed by atoms with van der Waals surface area (Å²) in [6.45, 7) is 6.39. The Bertz CT molecular complexity index is 357. The van der Waals surface area contributed by atoms with E-state index in [1.807, 2.05) is 0 Å². The summed E-state index contributed by atoms with van der Waals surface area (Å²) in [7, 11) is 0. The van der Waals surface area contributed by atoms with Gasteiger partial charge in [-0.1, -0.05) is 32.6 Å². The van der Waals surface area contributed by atoms with Crippen molar-refractivity contribution in [3.8, 4) is 0 Å². The summed E-state index contributed by atoms with van der Waals surface area (Å²) in [5, 5.41) is 6.04. The molecule has 1 aliphatic rings. The summed E-state index contributed by atoms with van der Waals surface area (Å²) in [5.74, 6) is -0.274. The zero-order valence-electron chi connectivity index (χ0n) is 15.3. The third kappa shape index (κ3) is 9.75. The molecular formula is C18H34N2O4. The first-order valence-electron chi connectivity index (χ1n) is 9.49. The van der Waals surface area contributed by atoms with Gasteiger partial charge < -0.3 is 20.1 Å². The number of amides is 1. The van der Waals surface area contributed by atoms with E-state index < -0.39 is 12.4 Å². The van der Waals surface area contributed by atoms with Crippen molar-refractivity contribution in [3.05, 3.63) is 0 Å². The molecule has 24 heavy (non-hydrogen) atoms. The molecule has 1 aliphatic carbocycles. The van der Waals surface area contributed by atoms with Crippen molar-refractivity contribution < 1.29 is 19.1 Å². The third-order valence-electron chi connectivity index (χ3n) is 4.22. The first kappa shape index (κ1) is 20.7. The van der Waals surface area contributed by atoms with Crippen molar-refractivity contribution in [1.29, 1.82) is 0 Å². The van der Waals surface area contributed by atoms with Crippen LogP contribution in [0.4, 0.5) is 4.79 Å². The number of hydrogen-bond donors (Lipinski definition) is 2. The van der Waals surface area contributed by atoms with Crippen molar-refractivity contribution >= 4 is 12.1 Å². The minimum Gasteiger partial charge on any atom is -0.425 e. The molecule has 0 heterocycles. The molecule has 0 unspecified atom stereocenters. The Kier molecular flexibility index (Phi) is 11.3. The molecule has 0 aromatic carbocycles. The molecule has 2 N–H and O–H groups in total. The van der Waals surface area contributed by atoms with E-state index in [4.69, 9.17) is 9.47 Å². The Morgan fingerprint density at radius 3 is 2.42 bits per heavy atom. The number of rotatable bonds is 11. The maximum absolute atomic E-state index is 12.0. The molecule has 6 nitrogen and oxygen atoms in total. The Morgan fingerprint density at radius 2 is 1.71 bits per heavy atom. The number of carbonyl (C=O) groups is 2. The van der Waals surface area contributed by atoms with Crippen LogP contribution in [0.3, 0.4) is 0 Å². The van der Waals surface area contributed by atoms with Crippen LogP contribution < -0.4 is 10.6 Å². The van der Waals surface area contributed by atoms with E-state index in [0.29, 0.717) is 6.54 Å². The van der Waals surface area contributed by atoms with Gasteiger partial charge in [0.05, 0.1) is 5.92 Å². The topological polar surface area (TPSA) is 76.7 Å². The summed E-state index contributed by atoms with van der Waals surface area (Å²) in [4.78, 5) is 23.6. The van der Waals surface area contributed by atoms with Gasteiger partial charge in [-0.05, 0) is 45.2 Å². The molecule has 0 saturated heterocycles. The number of carbonyl (C=O) groups excluding carboxylic acids is 2. The molecule has 1 saturated carbocycles. The molecule has 0 aromatic heterocycles. The minimum absolute atomic E-state index is 0.0332. The fourth-order valence-electron chi connectivity index (χ4n) is 2.86. The molecule has 1 fully saturated rings. The summed E-state index contributed by atoms with van der Waals surface area (Å²) in [6, 6.07) is 0. The van der Waals surface area contributed by atoms with Crippen LogP contribution in [0, 0.1) is 5.92 Å². The highest BCUT2D eigenvalue weighted by atomic mass is 16.7. The SMILES string of the molecule is CCCNCCCCCNC(=O)O[C@H](C)OC(=O)C1CCCCC1. The molecule has 1 amide bonds. The fraction of sp³-hybridized carbons (Fsp3) is 0.889. The third-order valence-corrected chi connectivity index (χ3v) is 4.22. The number of alkyl carbamates (subject to hydrolysis) is 1. The van der Waals surface area contributed by atoms with Crippen molar-refractivity contribution in [2.75, 3.05) is 19.6 Å². The normalized spacial score (nSPS) is 16.4. The average molecular weight is 342 g/mol. The lowest BCUT2D eigenvalue weighted by Crippen LogP contribution is -2.32. The lowest BCUT2D eigenvalue weighted by atomic mass is 9.89. The van der Waals surface area contributed by atoms with Gasteiger partial charge in [-0.15, -0.1) is 0 Å². The van der Waals surface area contributed by atoms with E-state index in [0.717, 1.165) is 64.5 Å². The van der Waals surface area contributed by atoms with E-state index in [2.05, 4.69) is 17.6 Å². The standard InChI is InChI=1S/C18H34N2O4/c1-3-12-19-13-8-5-9-14-20-18(22)24-15(2)23-17(21)16-10-6-4-7-11-16/h15-16,19H,3-14H2,1-2H3,(H,20,22)/t15-/m1/s1. The zero-order valence-corrected chi connectivity index (χ0v) is 15.3. The van der Waals surface area contributed by atoms with E-state index in [-0.39, 0.29) is 11.9 Å². The van der Waals surface area contributed by atoms with Crippen LogP contribution >= 0.6 is 0 Å². The number of unbranched alkanes of at least 4 members (excludes halogenated alkanes) is 2. The molecular weight excluding hydrogens is 308 g/mol. The molecule has 0 bridgehead atoms. The van der Waals surface area contributed by atoms with Crippen LogP contribution in [0.15, 0.2) is 0 Å². The maximum Gasteiger partial charge on any atom is 0.410 e. The Morgan fingerprint density at radius 1 is 1.00 bits per heavy atom. The van der Waals surface area contributed by atoms with Crippen LogP contribution in [-0.4, -0.2) is 38.0 Å². The molecule has 1 atom stereocenters. The highest BCUT2D eigenvalue weighted by molar-refractivity contribution is 5.73. The van der Waals surface area contributed by atoms with Crippen molar-refractivity contribution in [3.63, 3.8) is 0 Å². The molecule has 6 heteroatoms. The quantitative estimate of drug-likeness (QED) is 0.342. The van der Waals surface area contributed by atoms with Gasteiger partial charge in [0.1, 0.15) is 0 Å². The number of nitrogens with one attached hydrogen (secondary N) is 2. The highest BCUT2D eigenvalue weighted by Crippen LogP contribution is 2.25. The molecule has 0 aromatic rings. The van der Waals surface area contributed by atoms with E-state index >= 15 is 0 Å². The summed E-state index contributed by atoms with van der Waals surface area (Å²) in [5.41, 5.74) is 0. The first-order valence-corrected chi connectivity index (χ1v) is 9.49. The average Bonchev–Trinajstić information content (AvgIpc) is 2.58. The van der Waals surface area contributed by atoms with Crippen LogP contribution in [0.2, 0.25) is 0 Å². The van der Waals surface area contributed by atoms with Crippen molar-refractivity contribution in [2.45, 2.75) is 77.9 Å². The second-order valence-corrected chi connectivity index (χ2v) is 6.48. The second kappa shape index (κ2) is 13.0. The van der Waals surface area contributed by atoms with Gasteiger partial charge in [0, 0.05) is 13.5 Å². The lowest BCUT2D eigenvalue weighted by Gasteiger charge is -2.22. The van der Waals surface area contributed by atoms with E-state index in [9.17, 15) is 9.59 Å². The minimum atomic E-state index is -0.835. The second-order valence-electron chi connectivity index (χ2n) is 6.48. The van der Waals surface area contributed by atoms with Crippen molar-refractivity contribution in [1.82, 2.24) is 10.6 Å². The van der Waals surface area contributed by atoms with Gasteiger partial charge in [-0.2, -0.15) is 0 Å². The Balaban J connectivity index is 2.02. The van der Waals surface area contributed by atoms with Crippen LogP contribution in [-0.2, 0) is 14.3 Å². The lowest BCUT2D eigenvalue weighted by molar-refractivity contribution is -0.170. The van der Waals surface area contributed by atoms with Gasteiger partial charge in [0.2, 0.25) is 6.29 Å². The smallest absolute Gasteiger partial charge is 0.410 e. The van der Waals surface area contributed by atoms with Gasteiger partial charge in [0.15, 0.2) is 0 Å². The fourth-order valence-corrected chi connectivity index (χ4v) is 2.86. The van der Waals surface area contributed by atoms with Gasteiger partial charge in [0.25, 0.3) is 0 Å². The molecule has 0 aliphatic heterocycles. The predicted molar refractivity (Wildman–Crippen MR) is 93.6 cm³/mol. The largest absolute Gasteiger partial charge is 0.425 e. The summed E-state index contributed by atoms with van der Waals surface area (Å²) < 4.78 is 10.3. The van der Waals surface area contributed by atoms with Gasteiger partial charge in [-0.3, -0.25) is 4.79 Å². The van der Waals surface area contributed by atoms with Crippen LogP contribution in [0.25, 0.3) is 0 Å². The molecule has 0 spiro atoms. The Hall–Kier alpha value is -1.30. The highest BCUT2D eigenvalue weighted by Gasteiger charge is 2.24. The summed E-state index contributed by atoms with van der Waals surface area (Å²) in [6.07, 6.45) is 7.96. The Labute approximate surface area is 146 Å². The monoisotopic (exact) mass is 342 g/mol. The van der Waals surface area contributed by atoms with Crippen LogP contribution in [0.1, 0.15) is 71.6 Å². The number of hydrogen-bond acceptors (Lipinski definition) is 5. The maximum atomic E-state index is 12.0. The van der Waals surface area contributed by atoms with E-state index in [1.54, 1.807) is 6.92 Å². The molecule has 140 valence electrons.